The normalized spacial score (nSPS) is 19.6. The molecule has 1 heterocycles. The molecule has 0 saturated heterocycles. The van der Waals surface area contributed by atoms with Gasteiger partial charge in [0.05, 0.1) is 13.5 Å². The van der Waals surface area contributed by atoms with E-state index < -0.39 is 6.10 Å². The van der Waals surface area contributed by atoms with Crippen LogP contribution in [0.2, 0.25) is 0 Å². The Morgan fingerprint density at radius 1 is 1.29 bits per heavy atom. The number of hydroxylamine groups is 1. The second kappa shape index (κ2) is 5.19. The molecule has 92 valence electrons. The Morgan fingerprint density at radius 2 is 2.00 bits per heavy atom. The minimum absolute atomic E-state index is 0.392. The number of aliphatic hydroxyl groups excluding tert-OH is 1. The van der Waals surface area contributed by atoms with Crippen molar-refractivity contribution < 1.29 is 19.4 Å². The van der Waals surface area contributed by atoms with E-state index in [9.17, 15) is 5.11 Å². The van der Waals surface area contributed by atoms with E-state index in [0.29, 0.717) is 6.42 Å². The van der Waals surface area contributed by atoms with Crippen molar-refractivity contribution in [3.05, 3.63) is 29.8 Å². The highest BCUT2D eigenvalue weighted by Crippen LogP contribution is 2.15. The number of methoxy groups -OCH3 is 1. The van der Waals surface area contributed by atoms with E-state index in [1.165, 1.54) is 0 Å². The molecule has 0 unspecified atom stereocenters. The molecule has 0 fully saturated rings. The fourth-order valence-electron chi connectivity index (χ4n) is 2.08. The van der Waals surface area contributed by atoms with Gasteiger partial charge in [-0.1, -0.05) is 12.1 Å². The Morgan fingerprint density at radius 3 is 2.59 bits per heavy atom. The minimum Gasteiger partial charge on any atom is -0.497 e. The van der Waals surface area contributed by atoms with Crippen LogP contribution < -0.4 is 4.74 Å². The van der Waals surface area contributed by atoms with E-state index in [1.54, 1.807) is 19.0 Å². The van der Waals surface area contributed by atoms with Gasteiger partial charge in [0.25, 0.3) is 0 Å². The molecule has 0 saturated carbocycles. The van der Waals surface area contributed by atoms with Gasteiger partial charge in [0.15, 0.2) is 6.54 Å². The van der Waals surface area contributed by atoms with Gasteiger partial charge in [-0.05, 0) is 22.4 Å². The van der Waals surface area contributed by atoms with Crippen molar-refractivity contribution in [1.82, 2.24) is 0 Å². The van der Waals surface area contributed by atoms with Crippen LogP contribution in [0.3, 0.4) is 0 Å². The first-order valence-electron chi connectivity index (χ1n) is 5.73. The zero-order valence-electron chi connectivity index (χ0n) is 10.2. The van der Waals surface area contributed by atoms with Crippen LogP contribution >= 0.6 is 0 Å². The lowest BCUT2D eigenvalue weighted by Crippen LogP contribution is -2.24. The standard InChI is InChI=1S/C13H18NO3/c1-16-11-5-3-10(4-6-11)9-12-13(15)7-8-14(12)17-2/h3-6,13,15H,7-9H2,1-2H3/q+1/t13-/m1/s1. The van der Waals surface area contributed by atoms with Gasteiger partial charge in [0.2, 0.25) is 5.71 Å². The molecule has 1 aliphatic rings. The smallest absolute Gasteiger partial charge is 0.237 e. The number of nitrogens with zero attached hydrogens (tertiary/aromatic N) is 1. The first-order chi connectivity index (χ1) is 8.24. The third kappa shape index (κ3) is 2.58. The van der Waals surface area contributed by atoms with Crippen molar-refractivity contribution in [1.29, 1.82) is 0 Å². The monoisotopic (exact) mass is 236 g/mol. The fourth-order valence-corrected chi connectivity index (χ4v) is 2.08. The maximum Gasteiger partial charge on any atom is 0.237 e. The molecule has 4 nitrogen and oxygen atoms in total. The molecule has 2 rings (SSSR count). The van der Waals surface area contributed by atoms with Crippen LogP contribution in [0.5, 0.6) is 5.75 Å². The highest BCUT2D eigenvalue weighted by molar-refractivity contribution is 5.86. The van der Waals surface area contributed by atoms with Crippen LogP contribution in [-0.4, -0.2) is 42.4 Å². The van der Waals surface area contributed by atoms with Crippen LogP contribution in [0.4, 0.5) is 0 Å². The summed E-state index contributed by atoms with van der Waals surface area (Å²) in [5.41, 5.74) is 2.07. The maximum atomic E-state index is 9.87. The van der Waals surface area contributed by atoms with Gasteiger partial charge in [-0.2, -0.15) is 0 Å². The fraction of sp³-hybridized carbons (Fsp3) is 0.462. The lowest BCUT2D eigenvalue weighted by molar-refractivity contribution is -0.775. The topological polar surface area (TPSA) is 41.7 Å². The molecule has 4 heteroatoms. The summed E-state index contributed by atoms with van der Waals surface area (Å²) in [6, 6.07) is 7.86. The Balaban J connectivity index is 2.14. The summed E-state index contributed by atoms with van der Waals surface area (Å²) in [5, 5.41) is 9.87. The number of rotatable bonds is 4. The van der Waals surface area contributed by atoms with Gasteiger partial charge in [0, 0.05) is 6.42 Å². The Labute approximate surface area is 101 Å². The molecule has 0 bridgehead atoms. The molecular weight excluding hydrogens is 218 g/mol. The highest BCUT2D eigenvalue weighted by Gasteiger charge is 2.33. The van der Waals surface area contributed by atoms with E-state index in [0.717, 1.165) is 30.0 Å². The third-order valence-corrected chi connectivity index (χ3v) is 3.08. The summed E-state index contributed by atoms with van der Waals surface area (Å²) in [7, 11) is 3.28. The molecule has 17 heavy (non-hydrogen) atoms. The summed E-state index contributed by atoms with van der Waals surface area (Å²) in [5.74, 6) is 0.842. The average molecular weight is 236 g/mol. The summed E-state index contributed by atoms with van der Waals surface area (Å²) >= 11 is 0. The van der Waals surface area contributed by atoms with E-state index in [2.05, 4.69) is 0 Å². The molecular formula is C13H18NO3+. The predicted molar refractivity (Wildman–Crippen MR) is 64.5 cm³/mol. The quantitative estimate of drug-likeness (QED) is 0.794. The van der Waals surface area contributed by atoms with E-state index >= 15 is 0 Å². The van der Waals surface area contributed by atoms with Crippen molar-refractivity contribution in [3.8, 4) is 5.75 Å². The Bertz CT molecular complexity index is 411. The highest BCUT2D eigenvalue weighted by atomic mass is 16.7. The van der Waals surface area contributed by atoms with Crippen molar-refractivity contribution in [2.75, 3.05) is 20.8 Å². The van der Waals surface area contributed by atoms with Crippen molar-refractivity contribution in [2.45, 2.75) is 18.9 Å². The van der Waals surface area contributed by atoms with Gasteiger partial charge in [-0.25, -0.2) is 0 Å². The first-order valence-corrected chi connectivity index (χ1v) is 5.73. The molecule has 1 aromatic carbocycles. The molecule has 0 aliphatic carbocycles. The largest absolute Gasteiger partial charge is 0.497 e. The summed E-state index contributed by atoms with van der Waals surface area (Å²) < 4.78 is 6.88. The van der Waals surface area contributed by atoms with E-state index in [4.69, 9.17) is 9.57 Å². The average Bonchev–Trinajstić information content (AvgIpc) is 2.71. The summed E-state index contributed by atoms with van der Waals surface area (Å²) in [6.07, 6.45) is 1.05. The SMILES string of the molecule is COc1ccc(CC2=[N+](OC)CC[C@H]2O)cc1. The molecule has 0 radical (unpaired) electrons. The molecule has 0 aromatic heterocycles. The Kier molecular flexibility index (Phi) is 3.64. The van der Waals surface area contributed by atoms with Crippen LogP contribution in [0.1, 0.15) is 12.0 Å². The van der Waals surface area contributed by atoms with Crippen molar-refractivity contribution in [3.63, 3.8) is 0 Å². The zero-order valence-corrected chi connectivity index (χ0v) is 10.2. The lowest BCUT2D eigenvalue weighted by Gasteiger charge is -2.04. The van der Waals surface area contributed by atoms with Crippen LogP contribution in [0.25, 0.3) is 0 Å². The van der Waals surface area contributed by atoms with Gasteiger partial charge < -0.3 is 9.84 Å². The van der Waals surface area contributed by atoms with Gasteiger partial charge >= 0.3 is 0 Å². The molecule has 1 atom stereocenters. The number of hydrogen-bond donors (Lipinski definition) is 1. The summed E-state index contributed by atoms with van der Waals surface area (Å²) in [4.78, 5) is 5.22. The van der Waals surface area contributed by atoms with Crippen molar-refractivity contribution in [2.24, 2.45) is 0 Å². The second-order valence-corrected chi connectivity index (χ2v) is 4.11. The first kappa shape index (κ1) is 11.9. The molecule has 1 aromatic rings. The van der Waals surface area contributed by atoms with Crippen LogP contribution in [0.15, 0.2) is 24.3 Å². The molecule has 0 spiro atoms. The lowest BCUT2D eigenvalue weighted by atomic mass is 10.0. The zero-order chi connectivity index (χ0) is 12.3. The number of hydrogen-bond acceptors (Lipinski definition) is 3. The maximum absolute atomic E-state index is 9.87. The minimum atomic E-state index is -0.392. The van der Waals surface area contributed by atoms with Crippen molar-refractivity contribution >= 4 is 5.71 Å². The molecule has 0 amide bonds. The number of ether oxygens (including phenoxy) is 1. The van der Waals surface area contributed by atoms with Gasteiger partial charge in [0.1, 0.15) is 19.0 Å². The number of benzene rings is 1. The van der Waals surface area contributed by atoms with E-state index in [-0.39, 0.29) is 0 Å². The second-order valence-electron chi connectivity index (χ2n) is 4.11. The molecule has 1 N–H and O–H groups in total. The van der Waals surface area contributed by atoms with E-state index in [1.807, 2.05) is 24.3 Å². The van der Waals surface area contributed by atoms with Gasteiger partial charge in [-0.3, -0.25) is 4.84 Å². The predicted octanol–water partition coefficient (Wildman–Crippen LogP) is 1.02. The van der Waals surface area contributed by atoms with Crippen LogP contribution in [-0.2, 0) is 11.3 Å². The third-order valence-electron chi connectivity index (χ3n) is 3.08. The van der Waals surface area contributed by atoms with Crippen LogP contribution in [0, 0.1) is 0 Å². The number of aliphatic hydroxyl groups is 1. The Hall–Kier alpha value is -1.55. The summed E-state index contributed by atoms with van der Waals surface area (Å²) in [6.45, 7) is 0.753. The molecule has 1 aliphatic heterocycles. The van der Waals surface area contributed by atoms with Gasteiger partial charge in [-0.15, -0.1) is 0 Å².